The van der Waals surface area contributed by atoms with Gasteiger partial charge in [0.1, 0.15) is 4.66 Å². The van der Waals surface area contributed by atoms with Gasteiger partial charge in [-0.25, -0.2) is 8.42 Å². The van der Waals surface area contributed by atoms with Gasteiger partial charge in [0.15, 0.2) is 0 Å². The molecule has 74 valence electrons. The summed E-state index contributed by atoms with van der Waals surface area (Å²) >= 11 is 2.96. The van der Waals surface area contributed by atoms with Gasteiger partial charge in [-0.2, -0.15) is 4.31 Å². The van der Waals surface area contributed by atoms with Gasteiger partial charge in [0, 0.05) is 12.6 Å². The molecule has 0 aliphatic heterocycles. The van der Waals surface area contributed by atoms with Crippen LogP contribution < -0.4 is 0 Å². The van der Waals surface area contributed by atoms with E-state index in [-0.39, 0.29) is 10.2 Å². The Kier molecular flexibility index (Phi) is 4.20. The van der Waals surface area contributed by atoms with E-state index in [9.17, 15) is 8.42 Å². The second kappa shape index (κ2) is 4.07. The van der Waals surface area contributed by atoms with Crippen LogP contribution in [0.15, 0.2) is 0 Å². The third-order valence-corrected chi connectivity index (χ3v) is 5.61. The number of hydrogen-bond acceptors (Lipinski definition) is 2. The third kappa shape index (κ3) is 2.71. The highest BCUT2D eigenvalue weighted by Gasteiger charge is 2.30. The molecule has 0 bridgehead atoms. The standard InChI is InChI=1S/C7H16BrNO2S/c1-5-7(2,3)9(4)12(10,11)6-8/h5-6H2,1-4H3. The molecule has 0 aliphatic carbocycles. The SMILES string of the molecule is CCC(C)(C)N(C)S(=O)(=O)CBr. The largest absolute Gasteiger partial charge is 0.224 e. The lowest BCUT2D eigenvalue weighted by Crippen LogP contribution is -2.44. The summed E-state index contributed by atoms with van der Waals surface area (Å²) in [7, 11) is -1.51. The molecule has 0 aromatic rings. The first kappa shape index (κ1) is 12.4. The van der Waals surface area contributed by atoms with Crippen LogP contribution in [-0.2, 0) is 10.0 Å². The summed E-state index contributed by atoms with van der Waals surface area (Å²) in [5.74, 6) is 0. The highest BCUT2D eigenvalue weighted by Crippen LogP contribution is 2.20. The van der Waals surface area contributed by atoms with Gasteiger partial charge in [-0.15, -0.1) is 0 Å². The molecule has 0 amide bonds. The summed E-state index contributed by atoms with van der Waals surface area (Å²) in [6, 6.07) is 0. The van der Waals surface area contributed by atoms with Crippen molar-refractivity contribution in [1.29, 1.82) is 0 Å². The van der Waals surface area contributed by atoms with E-state index in [4.69, 9.17) is 0 Å². The van der Waals surface area contributed by atoms with Gasteiger partial charge in [0.2, 0.25) is 10.0 Å². The van der Waals surface area contributed by atoms with Crippen LogP contribution in [0, 0.1) is 0 Å². The van der Waals surface area contributed by atoms with Crippen molar-refractivity contribution in [3.63, 3.8) is 0 Å². The van der Waals surface area contributed by atoms with Crippen molar-refractivity contribution in [2.24, 2.45) is 0 Å². The van der Waals surface area contributed by atoms with Crippen LogP contribution in [0.2, 0.25) is 0 Å². The molecule has 0 aliphatic rings. The van der Waals surface area contributed by atoms with E-state index in [1.54, 1.807) is 7.05 Å². The van der Waals surface area contributed by atoms with Gasteiger partial charge >= 0.3 is 0 Å². The van der Waals surface area contributed by atoms with Crippen LogP contribution in [0.4, 0.5) is 0 Å². The first-order valence-corrected chi connectivity index (χ1v) is 6.53. The van der Waals surface area contributed by atoms with Gasteiger partial charge in [0.05, 0.1) is 0 Å². The van der Waals surface area contributed by atoms with E-state index in [1.165, 1.54) is 4.31 Å². The summed E-state index contributed by atoms with van der Waals surface area (Å²) in [6.07, 6.45) is 0.801. The topological polar surface area (TPSA) is 37.4 Å². The molecule has 0 aromatic carbocycles. The number of halogens is 1. The predicted octanol–water partition coefficient (Wildman–Crippen LogP) is 1.79. The molecule has 0 N–H and O–H groups in total. The molecule has 5 heteroatoms. The lowest BCUT2D eigenvalue weighted by atomic mass is 10.0. The van der Waals surface area contributed by atoms with Crippen LogP contribution in [-0.4, -0.2) is 30.0 Å². The summed E-state index contributed by atoms with van der Waals surface area (Å²) in [5, 5.41) is 0. The van der Waals surface area contributed by atoms with Gasteiger partial charge < -0.3 is 0 Å². The van der Waals surface area contributed by atoms with Gasteiger partial charge in [-0.3, -0.25) is 0 Å². The number of alkyl halides is 1. The molecular formula is C7H16BrNO2S. The predicted molar refractivity (Wildman–Crippen MR) is 54.8 cm³/mol. The molecule has 0 atom stereocenters. The van der Waals surface area contributed by atoms with Crippen LogP contribution in [0.3, 0.4) is 0 Å². The van der Waals surface area contributed by atoms with E-state index in [0.29, 0.717) is 0 Å². The number of sulfonamides is 1. The van der Waals surface area contributed by atoms with Crippen molar-refractivity contribution >= 4 is 26.0 Å². The zero-order valence-corrected chi connectivity index (χ0v) is 10.4. The maximum atomic E-state index is 11.4. The first-order chi connectivity index (χ1) is 5.28. The molecule has 12 heavy (non-hydrogen) atoms. The Hall–Kier alpha value is 0.390. The van der Waals surface area contributed by atoms with Crippen molar-refractivity contribution in [3.8, 4) is 0 Å². The Morgan fingerprint density at radius 3 is 2.08 bits per heavy atom. The first-order valence-electron chi connectivity index (χ1n) is 3.80. The van der Waals surface area contributed by atoms with Gasteiger partial charge in [-0.05, 0) is 20.3 Å². The second-order valence-electron chi connectivity index (χ2n) is 3.35. The summed E-state index contributed by atoms with van der Waals surface area (Å²) in [6.45, 7) is 5.79. The Bertz CT molecular complexity index is 236. The van der Waals surface area contributed by atoms with Crippen molar-refractivity contribution in [3.05, 3.63) is 0 Å². The fraction of sp³-hybridized carbons (Fsp3) is 1.00. The second-order valence-corrected chi connectivity index (χ2v) is 6.66. The maximum absolute atomic E-state index is 11.4. The lowest BCUT2D eigenvalue weighted by molar-refractivity contribution is 0.258. The summed E-state index contributed by atoms with van der Waals surface area (Å²) in [5.41, 5.74) is -0.299. The highest BCUT2D eigenvalue weighted by molar-refractivity contribution is 9.10. The van der Waals surface area contributed by atoms with E-state index >= 15 is 0 Å². The third-order valence-electron chi connectivity index (χ3n) is 2.27. The fourth-order valence-corrected chi connectivity index (χ4v) is 2.62. The van der Waals surface area contributed by atoms with Crippen LogP contribution in [0.1, 0.15) is 27.2 Å². The monoisotopic (exact) mass is 257 g/mol. The lowest BCUT2D eigenvalue weighted by Gasteiger charge is -2.33. The molecule has 0 spiro atoms. The molecule has 0 heterocycles. The molecule has 0 unspecified atom stereocenters. The number of nitrogens with zero attached hydrogens (tertiary/aromatic N) is 1. The minimum atomic E-state index is -3.12. The maximum Gasteiger partial charge on any atom is 0.224 e. The Balaban J connectivity index is 4.72. The van der Waals surface area contributed by atoms with Crippen LogP contribution >= 0.6 is 15.9 Å². The van der Waals surface area contributed by atoms with Gasteiger partial charge in [0.25, 0.3) is 0 Å². The van der Waals surface area contributed by atoms with E-state index < -0.39 is 10.0 Å². The van der Waals surface area contributed by atoms with Crippen molar-refractivity contribution < 1.29 is 8.42 Å². The van der Waals surface area contributed by atoms with E-state index in [2.05, 4.69) is 15.9 Å². The van der Waals surface area contributed by atoms with Crippen molar-refractivity contribution in [1.82, 2.24) is 4.31 Å². The summed E-state index contributed by atoms with van der Waals surface area (Å²) < 4.78 is 24.2. The molecule has 0 radical (unpaired) electrons. The molecule has 0 saturated heterocycles. The number of rotatable bonds is 4. The molecule has 0 saturated carbocycles. The zero-order chi connectivity index (χ0) is 9.99. The molecule has 3 nitrogen and oxygen atoms in total. The minimum Gasteiger partial charge on any atom is -0.211 e. The summed E-state index contributed by atoms with van der Waals surface area (Å²) in [4.78, 5) is 0. The highest BCUT2D eigenvalue weighted by atomic mass is 79.9. The molecule has 0 rings (SSSR count). The van der Waals surface area contributed by atoms with Crippen LogP contribution in [0.5, 0.6) is 0 Å². The molecule has 0 aromatic heterocycles. The number of hydrogen-bond donors (Lipinski definition) is 0. The van der Waals surface area contributed by atoms with Crippen molar-refractivity contribution in [2.45, 2.75) is 32.7 Å². The average molecular weight is 258 g/mol. The van der Waals surface area contributed by atoms with E-state index in [1.807, 2.05) is 20.8 Å². The normalized spacial score (nSPS) is 13.8. The smallest absolute Gasteiger partial charge is 0.211 e. The minimum absolute atomic E-state index is 0.0140. The van der Waals surface area contributed by atoms with E-state index in [0.717, 1.165) is 6.42 Å². The Morgan fingerprint density at radius 1 is 1.42 bits per heavy atom. The van der Waals surface area contributed by atoms with Crippen LogP contribution in [0.25, 0.3) is 0 Å². The average Bonchev–Trinajstić information content (AvgIpc) is 2.03. The fourth-order valence-electron chi connectivity index (χ4n) is 0.672. The quantitative estimate of drug-likeness (QED) is 0.721. The Morgan fingerprint density at radius 2 is 1.83 bits per heavy atom. The van der Waals surface area contributed by atoms with Gasteiger partial charge in [-0.1, -0.05) is 22.9 Å². The Labute approximate surface area is 83.3 Å². The molecular weight excluding hydrogens is 242 g/mol. The molecule has 0 fully saturated rings. The zero-order valence-electron chi connectivity index (χ0n) is 7.96. The van der Waals surface area contributed by atoms with Crippen molar-refractivity contribution in [2.75, 3.05) is 11.7 Å².